The lowest BCUT2D eigenvalue weighted by Gasteiger charge is -2.09. The molecule has 0 aliphatic heterocycles. The van der Waals surface area contributed by atoms with Crippen molar-refractivity contribution in [3.8, 4) is 11.5 Å². The van der Waals surface area contributed by atoms with Crippen LogP contribution in [0.25, 0.3) is 0 Å². The fourth-order valence-electron chi connectivity index (χ4n) is 1.34. The number of nitrogens with one attached hydrogen (secondary N) is 2. The standard InChI is InChI=1S/C13H19N3O2S/c1-4-18-12-7-10(5-6-11(12)17)8-14-16-13(19)15-9(2)3/h5-9,17H,4H2,1-3H3,(H2,15,16,19)/b14-8+. The van der Waals surface area contributed by atoms with Gasteiger partial charge in [-0.3, -0.25) is 5.43 Å². The van der Waals surface area contributed by atoms with E-state index in [0.717, 1.165) is 5.56 Å². The molecule has 3 N–H and O–H groups in total. The summed E-state index contributed by atoms with van der Waals surface area (Å²) in [6, 6.07) is 5.27. The molecule has 0 unspecified atom stereocenters. The second-order valence-corrected chi connectivity index (χ2v) is 4.57. The first kappa shape index (κ1) is 15.2. The maximum Gasteiger partial charge on any atom is 0.187 e. The number of phenolic OH excluding ortho intramolecular Hbond substituents is 1. The highest BCUT2D eigenvalue weighted by Gasteiger charge is 2.02. The molecule has 1 rings (SSSR count). The highest BCUT2D eigenvalue weighted by molar-refractivity contribution is 7.80. The Labute approximate surface area is 118 Å². The van der Waals surface area contributed by atoms with Crippen molar-refractivity contribution in [3.05, 3.63) is 23.8 Å². The van der Waals surface area contributed by atoms with E-state index in [0.29, 0.717) is 17.5 Å². The van der Waals surface area contributed by atoms with Crippen LogP contribution in [0.3, 0.4) is 0 Å². The second kappa shape index (κ2) is 7.58. The zero-order valence-electron chi connectivity index (χ0n) is 11.3. The lowest BCUT2D eigenvalue weighted by atomic mass is 10.2. The molecule has 0 aliphatic rings. The number of nitrogens with zero attached hydrogens (tertiary/aromatic N) is 1. The van der Waals surface area contributed by atoms with E-state index in [1.54, 1.807) is 24.4 Å². The van der Waals surface area contributed by atoms with Crippen molar-refractivity contribution in [2.75, 3.05) is 6.61 Å². The normalized spacial score (nSPS) is 10.7. The fraction of sp³-hybridized carbons (Fsp3) is 0.385. The van der Waals surface area contributed by atoms with Crippen LogP contribution in [0, 0.1) is 0 Å². The number of ether oxygens (including phenoxy) is 1. The van der Waals surface area contributed by atoms with Gasteiger partial charge in [-0.25, -0.2) is 0 Å². The van der Waals surface area contributed by atoms with Crippen molar-refractivity contribution in [3.63, 3.8) is 0 Å². The average molecular weight is 281 g/mol. The van der Waals surface area contributed by atoms with Crippen LogP contribution in [-0.2, 0) is 0 Å². The Balaban J connectivity index is 2.61. The molecule has 6 heteroatoms. The van der Waals surface area contributed by atoms with Gasteiger partial charge in [-0.2, -0.15) is 5.10 Å². The van der Waals surface area contributed by atoms with Gasteiger partial charge in [0.1, 0.15) is 0 Å². The highest BCUT2D eigenvalue weighted by atomic mass is 32.1. The molecule has 104 valence electrons. The summed E-state index contributed by atoms with van der Waals surface area (Å²) in [7, 11) is 0. The van der Waals surface area contributed by atoms with Gasteiger partial charge in [0.05, 0.1) is 12.8 Å². The maximum atomic E-state index is 9.56. The van der Waals surface area contributed by atoms with Crippen LogP contribution in [0.4, 0.5) is 0 Å². The minimum Gasteiger partial charge on any atom is -0.504 e. The first-order chi connectivity index (χ1) is 9.02. The van der Waals surface area contributed by atoms with Crippen LogP contribution in [0.15, 0.2) is 23.3 Å². The van der Waals surface area contributed by atoms with E-state index in [2.05, 4.69) is 15.8 Å². The number of hydrazone groups is 1. The van der Waals surface area contributed by atoms with E-state index >= 15 is 0 Å². The summed E-state index contributed by atoms with van der Waals surface area (Å²) >= 11 is 5.03. The molecule has 0 saturated carbocycles. The second-order valence-electron chi connectivity index (χ2n) is 4.16. The number of thiocarbonyl (C=S) groups is 1. The third-order valence-electron chi connectivity index (χ3n) is 2.08. The quantitative estimate of drug-likeness (QED) is 0.437. The molecule has 0 radical (unpaired) electrons. The summed E-state index contributed by atoms with van der Waals surface area (Å²) in [5, 5.41) is 17.1. The smallest absolute Gasteiger partial charge is 0.187 e. The molecule has 0 atom stereocenters. The topological polar surface area (TPSA) is 65.9 Å². The van der Waals surface area contributed by atoms with Crippen LogP contribution < -0.4 is 15.5 Å². The molecule has 1 aromatic rings. The van der Waals surface area contributed by atoms with E-state index in [1.807, 2.05) is 20.8 Å². The minimum absolute atomic E-state index is 0.115. The summed E-state index contributed by atoms with van der Waals surface area (Å²) in [5.74, 6) is 0.554. The van der Waals surface area contributed by atoms with Crippen LogP contribution in [0.5, 0.6) is 11.5 Å². The van der Waals surface area contributed by atoms with E-state index in [-0.39, 0.29) is 11.8 Å². The summed E-state index contributed by atoms with van der Waals surface area (Å²) < 4.78 is 5.29. The Morgan fingerprint density at radius 3 is 2.89 bits per heavy atom. The molecule has 0 aliphatic carbocycles. The van der Waals surface area contributed by atoms with Gasteiger partial charge in [0, 0.05) is 6.04 Å². The molecule has 1 aromatic carbocycles. The molecule has 0 aromatic heterocycles. The van der Waals surface area contributed by atoms with Gasteiger partial charge in [-0.05, 0) is 56.8 Å². The third-order valence-corrected chi connectivity index (χ3v) is 2.29. The Kier molecular flexibility index (Phi) is 6.08. The van der Waals surface area contributed by atoms with Gasteiger partial charge >= 0.3 is 0 Å². The van der Waals surface area contributed by atoms with Gasteiger partial charge < -0.3 is 15.2 Å². The van der Waals surface area contributed by atoms with E-state index in [1.165, 1.54) is 0 Å². The zero-order valence-corrected chi connectivity index (χ0v) is 12.1. The van der Waals surface area contributed by atoms with Crippen molar-refractivity contribution in [2.24, 2.45) is 5.10 Å². The molecule has 0 saturated heterocycles. The summed E-state index contributed by atoms with van der Waals surface area (Å²) in [6.07, 6.45) is 1.61. The predicted molar refractivity (Wildman–Crippen MR) is 80.9 cm³/mol. The molecule has 0 amide bonds. The van der Waals surface area contributed by atoms with Crippen molar-refractivity contribution in [1.82, 2.24) is 10.7 Å². The monoisotopic (exact) mass is 281 g/mol. The van der Waals surface area contributed by atoms with Crippen LogP contribution >= 0.6 is 12.2 Å². The van der Waals surface area contributed by atoms with Crippen molar-refractivity contribution in [1.29, 1.82) is 0 Å². The van der Waals surface area contributed by atoms with Crippen molar-refractivity contribution >= 4 is 23.5 Å². The number of benzene rings is 1. The van der Waals surface area contributed by atoms with Crippen molar-refractivity contribution in [2.45, 2.75) is 26.8 Å². The Hall–Kier alpha value is -1.82. The van der Waals surface area contributed by atoms with Crippen LogP contribution in [0.1, 0.15) is 26.3 Å². The Bertz CT molecular complexity index is 461. The minimum atomic E-state index is 0.115. The molecule has 19 heavy (non-hydrogen) atoms. The van der Waals surface area contributed by atoms with Gasteiger partial charge in [-0.15, -0.1) is 0 Å². The highest BCUT2D eigenvalue weighted by Crippen LogP contribution is 2.25. The van der Waals surface area contributed by atoms with Crippen LogP contribution in [-0.4, -0.2) is 29.1 Å². The van der Waals surface area contributed by atoms with E-state index in [9.17, 15) is 5.11 Å². The number of phenols is 1. The Morgan fingerprint density at radius 2 is 2.26 bits per heavy atom. The number of hydrogen-bond donors (Lipinski definition) is 3. The number of hydrogen-bond acceptors (Lipinski definition) is 4. The molecule has 5 nitrogen and oxygen atoms in total. The maximum absolute atomic E-state index is 9.56. The number of rotatable bonds is 5. The summed E-state index contributed by atoms with van der Waals surface area (Å²) in [5.41, 5.74) is 3.52. The largest absolute Gasteiger partial charge is 0.504 e. The van der Waals surface area contributed by atoms with Gasteiger partial charge in [0.2, 0.25) is 0 Å². The van der Waals surface area contributed by atoms with Gasteiger partial charge in [0.15, 0.2) is 16.6 Å². The van der Waals surface area contributed by atoms with E-state index in [4.69, 9.17) is 17.0 Å². The zero-order chi connectivity index (χ0) is 14.3. The molecule has 0 spiro atoms. The Morgan fingerprint density at radius 1 is 1.53 bits per heavy atom. The van der Waals surface area contributed by atoms with Crippen LogP contribution in [0.2, 0.25) is 0 Å². The number of aromatic hydroxyl groups is 1. The first-order valence-corrected chi connectivity index (χ1v) is 6.49. The average Bonchev–Trinajstić information content (AvgIpc) is 2.32. The molecular formula is C13H19N3O2S. The summed E-state index contributed by atoms with van der Waals surface area (Å²) in [6.45, 7) is 6.34. The first-order valence-electron chi connectivity index (χ1n) is 6.08. The predicted octanol–water partition coefficient (Wildman–Crippen LogP) is 2.00. The lowest BCUT2D eigenvalue weighted by molar-refractivity contribution is 0.318. The van der Waals surface area contributed by atoms with Gasteiger partial charge in [0.25, 0.3) is 0 Å². The lowest BCUT2D eigenvalue weighted by Crippen LogP contribution is -2.36. The SMILES string of the molecule is CCOc1cc(/C=N/NC(=S)NC(C)C)ccc1O. The molecule has 0 fully saturated rings. The third kappa shape index (κ3) is 5.56. The summed E-state index contributed by atoms with van der Waals surface area (Å²) in [4.78, 5) is 0. The molecule has 0 bridgehead atoms. The molecule has 0 heterocycles. The van der Waals surface area contributed by atoms with Crippen molar-refractivity contribution < 1.29 is 9.84 Å². The molecular weight excluding hydrogens is 262 g/mol. The van der Waals surface area contributed by atoms with E-state index < -0.39 is 0 Å². The van der Waals surface area contributed by atoms with Gasteiger partial charge in [-0.1, -0.05) is 0 Å². The fourth-order valence-corrected chi connectivity index (χ4v) is 1.63.